The minimum atomic E-state index is -0.102. The first-order chi connectivity index (χ1) is 13.7. The number of rotatable bonds is 7. The fourth-order valence-corrected chi connectivity index (χ4v) is 3.57. The van der Waals surface area contributed by atoms with Crippen LogP contribution in [0.1, 0.15) is 47.4 Å². The summed E-state index contributed by atoms with van der Waals surface area (Å²) < 4.78 is 5.49. The summed E-state index contributed by atoms with van der Waals surface area (Å²) in [6.07, 6.45) is 6.24. The van der Waals surface area contributed by atoms with Gasteiger partial charge in [0.2, 0.25) is 5.91 Å². The monoisotopic (exact) mass is 383 g/mol. The van der Waals surface area contributed by atoms with Crippen molar-refractivity contribution in [3.8, 4) is 0 Å². The summed E-state index contributed by atoms with van der Waals surface area (Å²) >= 11 is 0. The average Bonchev–Trinajstić information content (AvgIpc) is 3.06. The molecule has 0 bridgehead atoms. The van der Waals surface area contributed by atoms with Gasteiger partial charge in [0, 0.05) is 32.2 Å². The Morgan fingerprint density at radius 1 is 1.04 bits per heavy atom. The van der Waals surface area contributed by atoms with E-state index in [2.05, 4.69) is 10.2 Å². The molecule has 2 aromatic rings. The van der Waals surface area contributed by atoms with E-state index in [1.54, 1.807) is 13.3 Å². The molecule has 1 N–H and O–H groups in total. The van der Waals surface area contributed by atoms with Crippen molar-refractivity contribution in [1.29, 1.82) is 0 Å². The van der Waals surface area contributed by atoms with Crippen molar-refractivity contribution in [2.24, 2.45) is 0 Å². The number of hydrogen-bond acceptors (Lipinski definition) is 4. The van der Waals surface area contributed by atoms with E-state index in [1.165, 1.54) is 12.8 Å². The number of carbonyl (C=O) groups excluding carboxylic acids is 2. The molecule has 150 valence electrons. The Morgan fingerprint density at radius 3 is 2.36 bits per heavy atom. The Hall–Kier alpha value is -2.60. The lowest BCUT2D eigenvalue weighted by Crippen LogP contribution is -2.40. The number of benzene rings is 1. The van der Waals surface area contributed by atoms with Crippen molar-refractivity contribution in [1.82, 2.24) is 15.1 Å². The number of nitrogens with one attached hydrogen (secondary N) is 1. The first-order valence-corrected chi connectivity index (χ1v) is 9.99. The maximum atomic E-state index is 12.9. The quantitative estimate of drug-likeness (QED) is 0.798. The van der Waals surface area contributed by atoms with Crippen molar-refractivity contribution >= 4 is 11.8 Å². The molecule has 1 fully saturated rings. The van der Waals surface area contributed by atoms with Gasteiger partial charge in [-0.25, -0.2) is 0 Å². The molecule has 3 rings (SSSR count). The molecule has 0 unspecified atom stereocenters. The number of carbonyl (C=O) groups is 2. The lowest BCUT2D eigenvalue weighted by Gasteiger charge is -2.26. The molecule has 6 nitrogen and oxygen atoms in total. The van der Waals surface area contributed by atoms with E-state index < -0.39 is 0 Å². The highest BCUT2D eigenvalue weighted by Gasteiger charge is 2.20. The maximum Gasteiger partial charge on any atom is 0.251 e. The standard InChI is InChI=1S/C22H29N3O3/c1-23-22(27)19-10-8-18(9-11-19)15-24(16-20-7-6-14-28-20)17-21(26)25-12-4-2-3-5-13-25/h6-11,14H,2-5,12-13,15-17H2,1H3,(H,23,27). The first-order valence-electron chi connectivity index (χ1n) is 9.99. The third-order valence-corrected chi connectivity index (χ3v) is 5.13. The topological polar surface area (TPSA) is 65.8 Å². The minimum absolute atomic E-state index is 0.102. The number of furan rings is 1. The van der Waals surface area contributed by atoms with Gasteiger partial charge in [-0.2, -0.15) is 0 Å². The third kappa shape index (κ3) is 5.70. The smallest absolute Gasteiger partial charge is 0.251 e. The van der Waals surface area contributed by atoms with Crippen LogP contribution in [-0.2, 0) is 17.9 Å². The lowest BCUT2D eigenvalue weighted by atomic mass is 10.1. The van der Waals surface area contributed by atoms with Crippen molar-refractivity contribution in [3.05, 3.63) is 59.5 Å². The van der Waals surface area contributed by atoms with Crippen LogP contribution >= 0.6 is 0 Å². The third-order valence-electron chi connectivity index (χ3n) is 5.13. The van der Waals surface area contributed by atoms with Crippen molar-refractivity contribution < 1.29 is 14.0 Å². The lowest BCUT2D eigenvalue weighted by molar-refractivity contribution is -0.132. The van der Waals surface area contributed by atoms with Gasteiger partial charge in [-0.05, 0) is 42.7 Å². The molecule has 0 atom stereocenters. The Balaban J connectivity index is 1.67. The van der Waals surface area contributed by atoms with Crippen LogP contribution < -0.4 is 5.32 Å². The summed E-state index contributed by atoms with van der Waals surface area (Å²) in [5.41, 5.74) is 1.69. The summed E-state index contributed by atoms with van der Waals surface area (Å²) in [6, 6.07) is 11.3. The Bertz CT molecular complexity index is 748. The Labute approximate surface area is 166 Å². The number of likely N-dealkylation sites (tertiary alicyclic amines) is 1. The van der Waals surface area contributed by atoms with Crippen LogP contribution in [0.5, 0.6) is 0 Å². The van der Waals surface area contributed by atoms with Crippen LogP contribution in [-0.4, -0.2) is 48.3 Å². The van der Waals surface area contributed by atoms with Gasteiger partial charge in [-0.15, -0.1) is 0 Å². The van der Waals surface area contributed by atoms with E-state index in [0.29, 0.717) is 25.2 Å². The average molecular weight is 383 g/mol. The summed E-state index contributed by atoms with van der Waals surface area (Å²) in [6.45, 7) is 3.26. The molecule has 2 heterocycles. The van der Waals surface area contributed by atoms with Gasteiger partial charge < -0.3 is 14.6 Å². The molecule has 1 aliphatic rings. The van der Waals surface area contributed by atoms with Gasteiger partial charge >= 0.3 is 0 Å². The molecular formula is C22H29N3O3. The van der Waals surface area contributed by atoms with E-state index in [0.717, 1.165) is 37.3 Å². The van der Waals surface area contributed by atoms with Crippen LogP contribution in [0, 0.1) is 0 Å². The SMILES string of the molecule is CNC(=O)c1ccc(CN(CC(=O)N2CCCCCC2)Cc2ccco2)cc1. The summed E-state index contributed by atoms with van der Waals surface area (Å²) in [5.74, 6) is 0.913. The highest BCUT2D eigenvalue weighted by Crippen LogP contribution is 2.14. The molecule has 0 saturated carbocycles. The molecule has 0 radical (unpaired) electrons. The van der Waals surface area contributed by atoms with Crippen LogP contribution in [0.3, 0.4) is 0 Å². The summed E-state index contributed by atoms with van der Waals surface area (Å²) in [7, 11) is 1.62. The number of amides is 2. The normalized spacial score (nSPS) is 14.7. The Morgan fingerprint density at radius 2 is 1.75 bits per heavy atom. The van der Waals surface area contributed by atoms with Gasteiger partial charge in [0.25, 0.3) is 5.91 Å². The molecular weight excluding hydrogens is 354 g/mol. The number of hydrogen-bond donors (Lipinski definition) is 1. The molecule has 2 amide bonds. The zero-order valence-corrected chi connectivity index (χ0v) is 16.5. The van der Waals surface area contributed by atoms with Crippen LogP contribution in [0.25, 0.3) is 0 Å². The highest BCUT2D eigenvalue weighted by atomic mass is 16.3. The fraction of sp³-hybridized carbons (Fsp3) is 0.455. The van der Waals surface area contributed by atoms with Gasteiger partial charge in [0.1, 0.15) is 5.76 Å². The molecule has 0 spiro atoms. The van der Waals surface area contributed by atoms with E-state index in [1.807, 2.05) is 41.3 Å². The van der Waals surface area contributed by atoms with E-state index in [4.69, 9.17) is 4.42 Å². The second-order valence-electron chi connectivity index (χ2n) is 7.30. The zero-order valence-electron chi connectivity index (χ0n) is 16.5. The van der Waals surface area contributed by atoms with Crippen molar-refractivity contribution in [3.63, 3.8) is 0 Å². The summed E-state index contributed by atoms with van der Waals surface area (Å²) in [5, 5.41) is 2.63. The molecule has 1 saturated heterocycles. The van der Waals surface area contributed by atoms with E-state index >= 15 is 0 Å². The predicted molar refractivity (Wildman–Crippen MR) is 108 cm³/mol. The molecule has 1 aliphatic heterocycles. The zero-order chi connectivity index (χ0) is 19.8. The number of nitrogens with zero attached hydrogens (tertiary/aromatic N) is 2. The molecule has 6 heteroatoms. The molecule has 1 aromatic heterocycles. The van der Waals surface area contributed by atoms with Crippen LogP contribution in [0.15, 0.2) is 47.1 Å². The van der Waals surface area contributed by atoms with E-state index in [-0.39, 0.29) is 11.8 Å². The largest absolute Gasteiger partial charge is 0.468 e. The Kier molecular flexibility index (Phi) is 7.25. The second-order valence-corrected chi connectivity index (χ2v) is 7.30. The minimum Gasteiger partial charge on any atom is -0.468 e. The molecule has 28 heavy (non-hydrogen) atoms. The van der Waals surface area contributed by atoms with Gasteiger partial charge in [0.05, 0.1) is 19.4 Å². The fourth-order valence-electron chi connectivity index (χ4n) is 3.57. The van der Waals surface area contributed by atoms with Crippen molar-refractivity contribution in [2.75, 3.05) is 26.7 Å². The first kappa shape index (κ1) is 20.1. The van der Waals surface area contributed by atoms with Crippen molar-refractivity contribution in [2.45, 2.75) is 38.8 Å². The highest BCUT2D eigenvalue weighted by molar-refractivity contribution is 5.93. The van der Waals surface area contributed by atoms with Crippen LogP contribution in [0.2, 0.25) is 0 Å². The van der Waals surface area contributed by atoms with E-state index in [9.17, 15) is 9.59 Å². The summed E-state index contributed by atoms with van der Waals surface area (Å²) in [4.78, 5) is 28.7. The van der Waals surface area contributed by atoms with Gasteiger partial charge in [-0.1, -0.05) is 25.0 Å². The van der Waals surface area contributed by atoms with Crippen LogP contribution in [0.4, 0.5) is 0 Å². The predicted octanol–water partition coefficient (Wildman–Crippen LogP) is 3.04. The van der Waals surface area contributed by atoms with Gasteiger partial charge in [-0.3, -0.25) is 14.5 Å². The maximum absolute atomic E-state index is 12.9. The molecule has 0 aliphatic carbocycles. The second kappa shape index (κ2) is 10.1. The van der Waals surface area contributed by atoms with Gasteiger partial charge in [0.15, 0.2) is 0 Å². The molecule has 1 aromatic carbocycles.